The van der Waals surface area contributed by atoms with Crippen LogP contribution in [0.5, 0.6) is 23.0 Å². The molecule has 0 radical (unpaired) electrons. The fourth-order valence-corrected chi connectivity index (χ4v) is 4.30. The minimum Gasteiger partial charge on any atom is -0.508 e. The summed E-state index contributed by atoms with van der Waals surface area (Å²) < 4.78 is 6.16. The summed E-state index contributed by atoms with van der Waals surface area (Å²) in [6.45, 7) is 6.16. The molecule has 2 aromatic rings. The highest BCUT2D eigenvalue weighted by molar-refractivity contribution is 5.83. The third-order valence-corrected chi connectivity index (χ3v) is 5.63. The molecule has 2 aliphatic heterocycles. The van der Waals surface area contributed by atoms with Crippen molar-refractivity contribution in [1.29, 1.82) is 0 Å². The van der Waals surface area contributed by atoms with Crippen LogP contribution >= 0.6 is 0 Å². The maximum atomic E-state index is 12.6. The van der Waals surface area contributed by atoms with Crippen LogP contribution in [0.3, 0.4) is 0 Å². The van der Waals surface area contributed by atoms with Gasteiger partial charge in [0.15, 0.2) is 0 Å². The summed E-state index contributed by atoms with van der Waals surface area (Å²) in [5.41, 5.74) is 2.45. The predicted molar refractivity (Wildman–Crippen MR) is 93.2 cm³/mol. The smallest absolute Gasteiger partial charge is 0.223 e. The molecule has 0 aromatic heterocycles. The predicted octanol–water partition coefficient (Wildman–Crippen LogP) is 3.71. The number of hydrogen-bond donors (Lipinski definition) is 2. The average Bonchev–Trinajstić information content (AvgIpc) is 2.92. The molecule has 0 unspecified atom stereocenters. The van der Waals surface area contributed by atoms with E-state index in [0.29, 0.717) is 42.0 Å². The summed E-state index contributed by atoms with van der Waals surface area (Å²) in [4.78, 5) is 14.5. The molecule has 4 rings (SSSR count). The molecule has 2 aromatic carbocycles. The molecule has 0 bridgehead atoms. The third kappa shape index (κ3) is 1.86. The van der Waals surface area contributed by atoms with Crippen molar-refractivity contribution in [3.63, 3.8) is 0 Å². The van der Waals surface area contributed by atoms with Crippen molar-refractivity contribution in [1.82, 2.24) is 4.90 Å². The molecule has 5 nitrogen and oxygen atoms in total. The number of amides is 1. The first-order valence-corrected chi connectivity index (χ1v) is 8.56. The first kappa shape index (κ1) is 15.8. The molecule has 2 heterocycles. The van der Waals surface area contributed by atoms with Crippen LogP contribution in [0.1, 0.15) is 42.0 Å². The number of aromatic hydroxyl groups is 2. The van der Waals surface area contributed by atoms with Crippen LogP contribution in [-0.2, 0) is 10.3 Å². The number of carbonyl (C=O) groups is 1. The van der Waals surface area contributed by atoms with E-state index >= 15 is 0 Å². The fourth-order valence-electron chi connectivity index (χ4n) is 4.30. The molecule has 2 aliphatic rings. The maximum absolute atomic E-state index is 12.6. The molecule has 1 spiro atoms. The van der Waals surface area contributed by atoms with Crippen LogP contribution in [0.15, 0.2) is 24.3 Å². The van der Waals surface area contributed by atoms with Gasteiger partial charge in [0.25, 0.3) is 0 Å². The van der Waals surface area contributed by atoms with Crippen LogP contribution in [-0.4, -0.2) is 27.6 Å². The summed E-state index contributed by atoms with van der Waals surface area (Å²) in [6, 6.07) is 7.02. The quantitative estimate of drug-likeness (QED) is 0.831. The topological polar surface area (TPSA) is 70.0 Å². The summed E-state index contributed by atoms with van der Waals surface area (Å²) in [5.74, 6) is 1.58. The first-order valence-electron chi connectivity index (χ1n) is 8.56. The number of carbonyl (C=O) groups excluding carboxylic acids is 1. The second kappa shape index (κ2) is 5.15. The molecule has 2 N–H and O–H groups in total. The zero-order chi connectivity index (χ0) is 17.9. The molecular weight excluding hydrogens is 318 g/mol. The number of phenolic OH excluding ortho intramolecular Hbond substituents is 2. The number of nitrogens with zero attached hydrogens (tertiary/aromatic N) is 1. The van der Waals surface area contributed by atoms with Gasteiger partial charge in [-0.2, -0.15) is 0 Å². The van der Waals surface area contributed by atoms with E-state index in [9.17, 15) is 15.0 Å². The van der Waals surface area contributed by atoms with E-state index in [4.69, 9.17) is 4.74 Å². The molecule has 1 fully saturated rings. The molecule has 130 valence electrons. The van der Waals surface area contributed by atoms with E-state index in [1.165, 1.54) is 0 Å². The lowest BCUT2D eigenvalue weighted by Crippen LogP contribution is -2.46. The van der Waals surface area contributed by atoms with E-state index in [2.05, 4.69) is 0 Å². The molecule has 0 atom stereocenters. The lowest BCUT2D eigenvalue weighted by Gasteiger charge is -2.44. The van der Waals surface area contributed by atoms with Gasteiger partial charge in [0.1, 0.15) is 28.5 Å². The van der Waals surface area contributed by atoms with Crippen molar-refractivity contribution in [2.45, 2.75) is 39.2 Å². The fraction of sp³-hybridized carbons (Fsp3) is 0.350. The van der Waals surface area contributed by atoms with E-state index < -0.39 is 5.54 Å². The van der Waals surface area contributed by atoms with Gasteiger partial charge in [-0.1, -0.05) is 0 Å². The highest BCUT2D eigenvalue weighted by Crippen LogP contribution is 2.58. The van der Waals surface area contributed by atoms with Crippen molar-refractivity contribution < 1.29 is 19.7 Å². The van der Waals surface area contributed by atoms with Gasteiger partial charge in [-0.15, -0.1) is 0 Å². The number of fused-ring (bicyclic) bond motifs is 4. The Morgan fingerprint density at radius 1 is 1.04 bits per heavy atom. The molecular formula is C20H21NO4. The maximum Gasteiger partial charge on any atom is 0.223 e. The second-order valence-electron chi connectivity index (χ2n) is 6.77. The molecule has 5 heteroatoms. The number of phenols is 2. The Labute approximate surface area is 146 Å². The highest BCUT2D eigenvalue weighted by atomic mass is 16.5. The molecule has 0 saturated carbocycles. The molecule has 1 saturated heterocycles. The summed E-state index contributed by atoms with van der Waals surface area (Å²) in [5, 5.41) is 20.3. The average molecular weight is 339 g/mol. The lowest BCUT2D eigenvalue weighted by molar-refractivity contribution is -0.130. The number of rotatable bonds is 1. The zero-order valence-corrected chi connectivity index (χ0v) is 14.6. The number of benzene rings is 2. The van der Waals surface area contributed by atoms with Gasteiger partial charge >= 0.3 is 0 Å². The van der Waals surface area contributed by atoms with E-state index in [-0.39, 0.29) is 17.4 Å². The Morgan fingerprint density at radius 3 is 2.04 bits per heavy atom. The SMILES string of the molecule is CCN1C(=O)CCC12c1ccc(O)c(C)c1Oc1c2ccc(O)c1C. The Kier molecular flexibility index (Phi) is 3.26. The van der Waals surface area contributed by atoms with Gasteiger partial charge in [-0.05, 0) is 51.5 Å². The van der Waals surface area contributed by atoms with Gasteiger partial charge in [0.05, 0.1) is 0 Å². The van der Waals surface area contributed by atoms with Crippen molar-refractivity contribution >= 4 is 5.91 Å². The van der Waals surface area contributed by atoms with E-state index in [1.807, 2.05) is 24.0 Å². The van der Waals surface area contributed by atoms with Gasteiger partial charge in [-0.25, -0.2) is 0 Å². The Morgan fingerprint density at radius 2 is 1.56 bits per heavy atom. The number of likely N-dealkylation sites (tertiary alicyclic amines) is 1. The van der Waals surface area contributed by atoms with Crippen molar-refractivity contribution in [3.8, 4) is 23.0 Å². The largest absolute Gasteiger partial charge is 0.508 e. The standard InChI is InChI=1S/C20H21NO4/c1-4-21-17(24)9-10-20(21)13-5-7-15(22)11(2)18(13)25-19-12(3)16(23)8-6-14(19)20/h5-8,22-23H,4,9-10H2,1-3H3. The molecule has 25 heavy (non-hydrogen) atoms. The van der Waals surface area contributed by atoms with Crippen molar-refractivity contribution in [3.05, 3.63) is 46.5 Å². The minimum atomic E-state index is -0.619. The zero-order valence-electron chi connectivity index (χ0n) is 14.6. The second-order valence-corrected chi connectivity index (χ2v) is 6.77. The Bertz CT molecular complexity index is 846. The van der Waals surface area contributed by atoms with E-state index in [0.717, 1.165) is 11.1 Å². The van der Waals surface area contributed by atoms with Crippen LogP contribution in [0.25, 0.3) is 0 Å². The monoisotopic (exact) mass is 339 g/mol. The van der Waals surface area contributed by atoms with Crippen molar-refractivity contribution in [2.24, 2.45) is 0 Å². The van der Waals surface area contributed by atoms with Gasteiger partial charge < -0.3 is 19.8 Å². The van der Waals surface area contributed by atoms with Gasteiger partial charge in [-0.3, -0.25) is 4.79 Å². The van der Waals surface area contributed by atoms with Crippen molar-refractivity contribution in [2.75, 3.05) is 6.54 Å². The Hall–Kier alpha value is -2.69. The highest BCUT2D eigenvalue weighted by Gasteiger charge is 2.52. The normalized spacial score (nSPS) is 17.4. The Balaban J connectivity index is 2.11. The molecule has 0 aliphatic carbocycles. The third-order valence-electron chi connectivity index (χ3n) is 5.63. The van der Waals surface area contributed by atoms with Crippen LogP contribution < -0.4 is 4.74 Å². The number of hydrogen-bond acceptors (Lipinski definition) is 4. The minimum absolute atomic E-state index is 0.109. The van der Waals surface area contributed by atoms with Crippen LogP contribution in [0, 0.1) is 13.8 Å². The molecule has 1 amide bonds. The van der Waals surface area contributed by atoms with Crippen LogP contribution in [0.2, 0.25) is 0 Å². The van der Waals surface area contributed by atoms with Crippen LogP contribution in [0.4, 0.5) is 0 Å². The summed E-state index contributed by atoms with van der Waals surface area (Å²) in [6.07, 6.45) is 1.12. The first-order chi connectivity index (χ1) is 11.9. The summed E-state index contributed by atoms with van der Waals surface area (Å²) in [7, 11) is 0. The van der Waals surface area contributed by atoms with Gasteiger partial charge in [0, 0.05) is 35.2 Å². The van der Waals surface area contributed by atoms with E-state index in [1.54, 1.807) is 26.0 Å². The number of ether oxygens (including phenoxy) is 1. The summed E-state index contributed by atoms with van der Waals surface area (Å²) >= 11 is 0. The lowest BCUT2D eigenvalue weighted by atomic mass is 9.76. The van der Waals surface area contributed by atoms with Gasteiger partial charge in [0.2, 0.25) is 5.91 Å².